The van der Waals surface area contributed by atoms with Gasteiger partial charge >= 0.3 is 0 Å². The number of nitrogens with two attached hydrogens (primary N) is 1. The normalized spacial score (nSPS) is 16.5. The molecule has 0 bridgehead atoms. The van der Waals surface area contributed by atoms with Crippen molar-refractivity contribution in [1.29, 1.82) is 0 Å². The monoisotopic (exact) mass is 286 g/mol. The summed E-state index contributed by atoms with van der Waals surface area (Å²) in [7, 11) is -1.85. The highest BCUT2D eigenvalue weighted by molar-refractivity contribution is 7.89. The molecule has 0 spiro atoms. The lowest BCUT2D eigenvalue weighted by atomic mass is 10.2. The molecule has 2 N–H and O–H groups in total. The molecule has 1 heterocycles. The Kier molecular flexibility index (Phi) is 3.61. The molecule has 1 fully saturated rings. The van der Waals surface area contributed by atoms with Crippen molar-refractivity contribution in [2.24, 2.45) is 13.0 Å². The average molecular weight is 286 g/mol. The summed E-state index contributed by atoms with van der Waals surface area (Å²) in [5.74, 6) is 0.378. The summed E-state index contributed by atoms with van der Waals surface area (Å²) in [6.45, 7) is 6.30. The van der Waals surface area contributed by atoms with Crippen LogP contribution in [0, 0.1) is 12.8 Å². The van der Waals surface area contributed by atoms with Gasteiger partial charge in [0.1, 0.15) is 4.90 Å². The van der Waals surface area contributed by atoms with Crippen LogP contribution in [-0.4, -0.2) is 35.1 Å². The van der Waals surface area contributed by atoms with Crippen LogP contribution in [0.4, 0.5) is 5.82 Å². The molecule has 0 aliphatic heterocycles. The van der Waals surface area contributed by atoms with Gasteiger partial charge in [-0.1, -0.05) is 13.8 Å². The van der Waals surface area contributed by atoms with E-state index in [1.165, 1.54) is 4.68 Å². The standard InChI is InChI=1S/C12H22N4O2S/c1-8(2)7-16(10-5-6-10)19(17,18)11-9(3)15(4)14-12(11)13/h8,10H,5-7H2,1-4H3,(H2,13,14). The van der Waals surface area contributed by atoms with E-state index in [1.54, 1.807) is 18.3 Å². The fourth-order valence-electron chi connectivity index (χ4n) is 2.22. The van der Waals surface area contributed by atoms with E-state index in [4.69, 9.17) is 5.73 Å². The highest BCUT2D eigenvalue weighted by Crippen LogP contribution is 2.35. The molecule has 7 heteroatoms. The van der Waals surface area contributed by atoms with Gasteiger partial charge in [-0.05, 0) is 25.7 Å². The first kappa shape index (κ1) is 14.3. The highest BCUT2D eigenvalue weighted by atomic mass is 32.2. The Morgan fingerprint density at radius 1 is 1.47 bits per heavy atom. The highest BCUT2D eigenvalue weighted by Gasteiger charge is 2.40. The summed E-state index contributed by atoms with van der Waals surface area (Å²) in [4.78, 5) is 0.169. The Hall–Kier alpha value is -1.08. The lowest BCUT2D eigenvalue weighted by molar-refractivity contribution is 0.360. The maximum absolute atomic E-state index is 12.8. The SMILES string of the molecule is Cc1c(S(=O)(=O)N(CC(C)C)C2CC2)c(N)nn1C. The number of nitrogen functional groups attached to an aromatic ring is 1. The lowest BCUT2D eigenvalue weighted by Crippen LogP contribution is -2.36. The first-order valence-electron chi connectivity index (χ1n) is 6.56. The Balaban J connectivity index is 2.44. The van der Waals surface area contributed by atoms with Crippen LogP contribution in [0.15, 0.2) is 4.90 Å². The minimum absolute atomic E-state index is 0.0920. The van der Waals surface area contributed by atoms with E-state index >= 15 is 0 Å². The van der Waals surface area contributed by atoms with Gasteiger partial charge in [-0.25, -0.2) is 8.42 Å². The predicted molar refractivity (Wildman–Crippen MR) is 74.1 cm³/mol. The van der Waals surface area contributed by atoms with Crippen LogP contribution in [0.5, 0.6) is 0 Å². The Labute approximate surface area is 114 Å². The number of nitrogens with zero attached hydrogens (tertiary/aromatic N) is 3. The average Bonchev–Trinajstić information content (AvgIpc) is 3.04. The van der Waals surface area contributed by atoms with E-state index in [2.05, 4.69) is 5.10 Å². The van der Waals surface area contributed by atoms with Crippen LogP contribution in [0.3, 0.4) is 0 Å². The van der Waals surface area contributed by atoms with Gasteiger partial charge in [-0.15, -0.1) is 0 Å². The van der Waals surface area contributed by atoms with Crippen molar-refractivity contribution in [3.05, 3.63) is 5.69 Å². The van der Waals surface area contributed by atoms with E-state index in [0.29, 0.717) is 12.2 Å². The molecule has 1 aromatic heterocycles. The fourth-order valence-corrected chi connectivity index (χ4v) is 4.36. The Morgan fingerprint density at radius 3 is 2.42 bits per heavy atom. The number of anilines is 1. The van der Waals surface area contributed by atoms with Gasteiger partial charge in [0.05, 0.1) is 5.69 Å². The number of aromatic nitrogens is 2. The lowest BCUT2D eigenvalue weighted by Gasteiger charge is -2.23. The number of rotatable bonds is 5. The molecule has 0 saturated heterocycles. The van der Waals surface area contributed by atoms with Gasteiger partial charge in [0.2, 0.25) is 10.0 Å². The molecule has 1 aliphatic carbocycles. The number of hydrogen-bond acceptors (Lipinski definition) is 4. The van der Waals surface area contributed by atoms with E-state index in [9.17, 15) is 8.42 Å². The largest absolute Gasteiger partial charge is 0.381 e. The third-order valence-corrected chi connectivity index (χ3v) is 5.46. The third-order valence-electron chi connectivity index (χ3n) is 3.37. The molecule has 1 aliphatic rings. The molecular weight excluding hydrogens is 264 g/mol. The molecule has 19 heavy (non-hydrogen) atoms. The van der Waals surface area contributed by atoms with Crippen LogP contribution in [0.2, 0.25) is 0 Å². The molecule has 6 nitrogen and oxygen atoms in total. The Morgan fingerprint density at radius 2 is 2.05 bits per heavy atom. The van der Waals surface area contributed by atoms with Gasteiger partial charge < -0.3 is 5.73 Å². The molecule has 0 radical (unpaired) electrons. The van der Waals surface area contributed by atoms with Crippen LogP contribution in [0.25, 0.3) is 0 Å². The van der Waals surface area contributed by atoms with Gasteiger partial charge in [0, 0.05) is 19.6 Å². The first-order chi connectivity index (χ1) is 8.75. The zero-order chi connectivity index (χ0) is 14.4. The molecular formula is C12H22N4O2S. The molecule has 2 rings (SSSR count). The predicted octanol–water partition coefficient (Wildman–Crippen LogP) is 1.12. The van der Waals surface area contributed by atoms with Crippen LogP contribution >= 0.6 is 0 Å². The zero-order valence-electron chi connectivity index (χ0n) is 11.9. The van der Waals surface area contributed by atoms with Crippen molar-refractivity contribution in [2.45, 2.75) is 44.6 Å². The van der Waals surface area contributed by atoms with E-state index in [1.807, 2.05) is 13.8 Å². The summed E-state index contributed by atoms with van der Waals surface area (Å²) >= 11 is 0. The molecule has 0 unspecified atom stereocenters. The van der Waals surface area contributed by atoms with Crippen molar-refractivity contribution in [3.63, 3.8) is 0 Å². The summed E-state index contributed by atoms with van der Waals surface area (Å²) in [6, 6.07) is 0.131. The molecule has 0 aromatic carbocycles. The molecule has 108 valence electrons. The van der Waals surface area contributed by atoms with E-state index in [0.717, 1.165) is 12.8 Å². The second kappa shape index (κ2) is 4.79. The van der Waals surface area contributed by atoms with Gasteiger partial charge in [-0.2, -0.15) is 9.40 Å². The molecule has 0 atom stereocenters. The second-order valence-corrected chi connectivity index (χ2v) is 7.45. The Bertz CT molecular complexity index is 573. The van der Waals surface area contributed by atoms with Crippen LogP contribution in [0.1, 0.15) is 32.4 Å². The van der Waals surface area contributed by atoms with Gasteiger partial charge in [0.15, 0.2) is 5.82 Å². The van der Waals surface area contributed by atoms with Crippen molar-refractivity contribution >= 4 is 15.8 Å². The molecule has 1 aromatic rings. The number of sulfonamides is 1. The van der Waals surface area contributed by atoms with E-state index < -0.39 is 10.0 Å². The molecule has 0 amide bonds. The number of hydrogen-bond donors (Lipinski definition) is 1. The van der Waals surface area contributed by atoms with Crippen LogP contribution < -0.4 is 5.73 Å². The third kappa shape index (κ3) is 2.62. The summed E-state index contributed by atoms with van der Waals surface area (Å²) in [5, 5.41) is 4.01. The minimum atomic E-state index is -3.55. The second-order valence-electron chi connectivity index (χ2n) is 5.62. The smallest absolute Gasteiger partial charge is 0.248 e. The summed E-state index contributed by atoms with van der Waals surface area (Å²) in [6.07, 6.45) is 1.87. The zero-order valence-corrected chi connectivity index (χ0v) is 12.7. The van der Waals surface area contributed by atoms with E-state index in [-0.39, 0.29) is 22.7 Å². The first-order valence-corrected chi connectivity index (χ1v) is 8.00. The van der Waals surface area contributed by atoms with Crippen LogP contribution in [-0.2, 0) is 17.1 Å². The fraction of sp³-hybridized carbons (Fsp3) is 0.750. The van der Waals surface area contributed by atoms with Gasteiger partial charge in [0.25, 0.3) is 0 Å². The maximum Gasteiger partial charge on any atom is 0.248 e. The van der Waals surface area contributed by atoms with Crippen molar-refractivity contribution in [3.8, 4) is 0 Å². The van der Waals surface area contributed by atoms with Crippen molar-refractivity contribution < 1.29 is 8.42 Å². The summed E-state index contributed by atoms with van der Waals surface area (Å²) in [5.41, 5.74) is 6.37. The van der Waals surface area contributed by atoms with Gasteiger partial charge in [-0.3, -0.25) is 4.68 Å². The van der Waals surface area contributed by atoms with Crippen molar-refractivity contribution in [1.82, 2.24) is 14.1 Å². The van der Waals surface area contributed by atoms with Crippen molar-refractivity contribution in [2.75, 3.05) is 12.3 Å². The topological polar surface area (TPSA) is 81.2 Å². The maximum atomic E-state index is 12.8. The minimum Gasteiger partial charge on any atom is -0.381 e. The number of aryl methyl sites for hydroxylation is 1. The summed E-state index contributed by atoms with van der Waals surface area (Å²) < 4.78 is 28.7. The molecule has 1 saturated carbocycles. The quantitative estimate of drug-likeness (QED) is 0.879.